The molecule has 0 aliphatic carbocycles. The zero-order chi connectivity index (χ0) is 11.9. The van der Waals surface area contributed by atoms with Crippen LogP contribution in [0.1, 0.15) is 77.6 Å². The molecule has 0 nitrogen and oxygen atoms in total. The van der Waals surface area contributed by atoms with Crippen molar-refractivity contribution in [2.24, 2.45) is 0 Å². The van der Waals surface area contributed by atoms with Crippen molar-refractivity contribution in [2.75, 3.05) is 5.33 Å². The summed E-state index contributed by atoms with van der Waals surface area (Å²) < 4.78 is 0. The molecule has 0 N–H and O–H groups in total. The van der Waals surface area contributed by atoms with Gasteiger partial charge in [0.15, 0.2) is 0 Å². The first kappa shape index (κ1) is 16.2. The quantitative estimate of drug-likeness (QED) is 0.226. The van der Waals surface area contributed by atoms with Crippen molar-refractivity contribution in [2.45, 2.75) is 77.6 Å². The predicted octanol–water partition coefficient (Wildman–Crippen LogP) is 6.25. The molecular weight excluding hydrogens is 260 g/mol. The first-order valence-electron chi connectivity index (χ1n) is 7.12. The molecule has 0 rings (SSSR count). The van der Waals surface area contributed by atoms with Gasteiger partial charge in [0.25, 0.3) is 0 Å². The van der Waals surface area contributed by atoms with Crippen molar-refractivity contribution in [3.63, 3.8) is 0 Å². The number of hydrogen-bond acceptors (Lipinski definition) is 0. The minimum absolute atomic E-state index is 1.00. The van der Waals surface area contributed by atoms with E-state index in [1.165, 1.54) is 70.6 Å². The third-order valence-electron chi connectivity index (χ3n) is 2.98. The first-order chi connectivity index (χ1) is 7.91. The number of unbranched alkanes of at least 4 members (excludes halogenated alkanes) is 10. The number of rotatable bonds is 12. The van der Waals surface area contributed by atoms with E-state index >= 15 is 0 Å². The monoisotopic (exact) mass is 288 g/mol. The zero-order valence-corrected chi connectivity index (χ0v) is 12.6. The maximum Gasteiger partial charge on any atom is 0.0212 e. The van der Waals surface area contributed by atoms with Crippen LogP contribution in [0.4, 0.5) is 0 Å². The van der Waals surface area contributed by atoms with E-state index in [0.29, 0.717) is 0 Å². The van der Waals surface area contributed by atoms with Gasteiger partial charge in [-0.1, -0.05) is 92.8 Å². The van der Waals surface area contributed by atoms with Crippen LogP contribution in [0.25, 0.3) is 0 Å². The van der Waals surface area contributed by atoms with Crippen LogP contribution >= 0.6 is 15.9 Å². The Morgan fingerprint density at radius 2 is 1.19 bits per heavy atom. The Balaban J connectivity index is 2.90. The lowest BCUT2D eigenvalue weighted by Crippen LogP contribution is -1.81. The number of alkyl halides is 1. The van der Waals surface area contributed by atoms with Gasteiger partial charge in [-0.2, -0.15) is 0 Å². The predicted molar refractivity (Wildman–Crippen MR) is 79.4 cm³/mol. The van der Waals surface area contributed by atoms with Crippen LogP contribution in [0.15, 0.2) is 12.2 Å². The van der Waals surface area contributed by atoms with Crippen molar-refractivity contribution in [1.82, 2.24) is 0 Å². The molecule has 96 valence electrons. The molecule has 0 radical (unpaired) electrons. The third kappa shape index (κ3) is 14.2. The molecule has 16 heavy (non-hydrogen) atoms. The summed E-state index contributed by atoms with van der Waals surface area (Å²) in [6.45, 7) is 2.28. The van der Waals surface area contributed by atoms with E-state index < -0.39 is 0 Å². The molecule has 0 fully saturated rings. The van der Waals surface area contributed by atoms with Crippen LogP contribution in [0, 0.1) is 0 Å². The Morgan fingerprint density at radius 3 is 1.69 bits per heavy atom. The second kappa shape index (κ2) is 15.2. The highest BCUT2D eigenvalue weighted by Crippen LogP contribution is 2.11. The average molecular weight is 289 g/mol. The molecule has 0 aromatic rings. The summed E-state index contributed by atoms with van der Waals surface area (Å²) in [5.74, 6) is 0. The summed E-state index contributed by atoms with van der Waals surface area (Å²) in [7, 11) is 0. The highest BCUT2D eigenvalue weighted by Gasteiger charge is 1.91. The lowest BCUT2D eigenvalue weighted by molar-refractivity contribution is 0.557. The van der Waals surface area contributed by atoms with Gasteiger partial charge in [-0.3, -0.25) is 0 Å². The van der Waals surface area contributed by atoms with Crippen molar-refractivity contribution in [3.05, 3.63) is 12.2 Å². The largest absolute Gasteiger partial charge is 0.0883 e. The van der Waals surface area contributed by atoms with E-state index in [-0.39, 0.29) is 0 Å². The molecule has 0 unspecified atom stereocenters. The summed E-state index contributed by atoms with van der Waals surface area (Å²) in [5, 5.41) is 1.00. The van der Waals surface area contributed by atoms with E-state index in [2.05, 4.69) is 35.0 Å². The maximum atomic E-state index is 3.39. The SMILES string of the molecule is CCCCCCCCCCCCC=CCBr. The Labute approximate surface area is 111 Å². The fourth-order valence-electron chi connectivity index (χ4n) is 1.93. The molecule has 0 aliphatic heterocycles. The van der Waals surface area contributed by atoms with Gasteiger partial charge in [0, 0.05) is 5.33 Å². The fraction of sp³-hybridized carbons (Fsp3) is 0.867. The molecule has 0 spiro atoms. The van der Waals surface area contributed by atoms with Gasteiger partial charge in [-0.25, -0.2) is 0 Å². The van der Waals surface area contributed by atoms with Crippen molar-refractivity contribution < 1.29 is 0 Å². The van der Waals surface area contributed by atoms with Crippen LogP contribution in [-0.2, 0) is 0 Å². The molecular formula is C15H29Br. The van der Waals surface area contributed by atoms with Crippen LogP contribution in [-0.4, -0.2) is 5.33 Å². The highest BCUT2D eigenvalue weighted by molar-refractivity contribution is 9.09. The molecule has 0 saturated carbocycles. The highest BCUT2D eigenvalue weighted by atomic mass is 79.9. The molecule has 0 aliphatic rings. The summed E-state index contributed by atoms with van der Waals surface area (Å²) >= 11 is 3.39. The first-order valence-corrected chi connectivity index (χ1v) is 8.25. The van der Waals surface area contributed by atoms with E-state index in [1.807, 2.05) is 0 Å². The van der Waals surface area contributed by atoms with Crippen LogP contribution in [0.3, 0.4) is 0 Å². The Morgan fingerprint density at radius 1 is 0.688 bits per heavy atom. The van der Waals surface area contributed by atoms with Crippen LogP contribution in [0.5, 0.6) is 0 Å². The number of allylic oxidation sites excluding steroid dienone is 2. The molecule has 0 atom stereocenters. The smallest absolute Gasteiger partial charge is 0.0212 e. The van der Waals surface area contributed by atoms with Gasteiger partial charge in [-0.15, -0.1) is 0 Å². The van der Waals surface area contributed by atoms with E-state index in [9.17, 15) is 0 Å². The van der Waals surface area contributed by atoms with Crippen molar-refractivity contribution in [3.8, 4) is 0 Å². The lowest BCUT2D eigenvalue weighted by Gasteiger charge is -2.01. The van der Waals surface area contributed by atoms with Gasteiger partial charge >= 0.3 is 0 Å². The van der Waals surface area contributed by atoms with E-state index in [1.54, 1.807) is 0 Å². The van der Waals surface area contributed by atoms with Crippen molar-refractivity contribution in [1.29, 1.82) is 0 Å². The molecule has 0 aromatic carbocycles. The Hall–Kier alpha value is 0.220. The molecule has 0 amide bonds. The van der Waals surface area contributed by atoms with E-state index in [4.69, 9.17) is 0 Å². The minimum atomic E-state index is 1.00. The molecule has 0 heterocycles. The standard InChI is InChI=1S/C15H29Br/c1-2-3-4-5-6-7-8-9-10-11-12-13-14-15-16/h13-14H,2-12,15H2,1H3. The van der Waals surface area contributed by atoms with Gasteiger partial charge in [0.05, 0.1) is 0 Å². The lowest BCUT2D eigenvalue weighted by atomic mass is 10.1. The molecule has 0 bridgehead atoms. The summed E-state index contributed by atoms with van der Waals surface area (Å²) in [6, 6.07) is 0. The van der Waals surface area contributed by atoms with Gasteiger partial charge in [0.1, 0.15) is 0 Å². The summed E-state index contributed by atoms with van der Waals surface area (Å²) in [5.41, 5.74) is 0. The summed E-state index contributed by atoms with van der Waals surface area (Å²) in [6.07, 6.45) is 20.1. The second-order valence-electron chi connectivity index (χ2n) is 4.60. The number of hydrogen-bond donors (Lipinski definition) is 0. The topological polar surface area (TPSA) is 0 Å². The third-order valence-corrected chi connectivity index (χ3v) is 3.35. The second-order valence-corrected chi connectivity index (χ2v) is 5.24. The molecule has 0 aromatic heterocycles. The molecule has 0 saturated heterocycles. The maximum absolute atomic E-state index is 3.39. The van der Waals surface area contributed by atoms with Gasteiger partial charge in [-0.05, 0) is 12.8 Å². The fourth-order valence-corrected chi connectivity index (χ4v) is 2.19. The van der Waals surface area contributed by atoms with Crippen LogP contribution < -0.4 is 0 Å². The normalized spacial score (nSPS) is 11.4. The van der Waals surface area contributed by atoms with E-state index in [0.717, 1.165) is 5.33 Å². The van der Waals surface area contributed by atoms with Gasteiger partial charge in [0.2, 0.25) is 0 Å². The summed E-state index contributed by atoms with van der Waals surface area (Å²) in [4.78, 5) is 0. The molecule has 1 heteroatoms. The average Bonchev–Trinajstić information content (AvgIpc) is 2.31. The minimum Gasteiger partial charge on any atom is -0.0883 e. The zero-order valence-electron chi connectivity index (χ0n) is 11.0. The van der Waals surface area contributed by atoms with Crippen LogP contribution in [0.2, 0.25) is 0 Å². The Bertz CT molecular complexity index is 140. The van der Waals surface area contributed by atoms with Gasteiger partial charge < -0.3 is 0 Å². The number of halogens is 1. The Kier molecular flexibility index (Phi) is 15.4. The van der Waals surface area contributed by atoms with Crippen molar-refractivity contribution >= 4 is 15.9 Å².